The number of rotatable bonds is 3. The van der Waals surface area contributed by atoms with Crippen molar-refractivity contribution in [3.8, 4) is 11.3 Å². The Morgan fingerprint density at radius 3 is 2.68 bits per heavy atom. The molecule has 0 aliphatic carbocycles. The maximum atomic E-state index is 13.1. The highest BCUT2D eigenvalue weighted by molar-refractivity contribution is 6.05. The van der Waals surface area contributed by atoms with Gasteiger partial charge in [0.05, 0.1) is 16.8 Å². The summed E-state index contributed by atoms with van der Waals surface area (Å²) in [4.78, 5) is 16.2. The summed E-state index contributed by atoms with van der Waals surface area (Å²) in [6, 6.07) is 15.0. The fourth-order valence-electron chi connectivity index (χ4n) is 2.62. The van der Waals surface area contributed by atoms with E-state index in [2.05, 4.69) is 20.5 Å². The molecule has 4 rings (SSSR count). The lowest BCUT2D eigenvalue weighted by Crippen LogP contribution is -2.11. The second-order valence-corrected chi connectivity index (χ2v) is 5.54. The molecule has 1 amide bonds. The van der Waals surface area contributed by atoms with Crippen LogP contribution in [0.3, 0.4) is 0 Å². The van der Waals surface area contributed by atoms with Crippen molar-refractivity contribution in [1.29, 1.82) is 0 Å². The van der Waals surface area contributed by atoms with E-state index in [9.17, 15) is 9.18 Å². The smallest absolute Gasteiger partial charge is 0.257 e. The van der Waals surface area contributed by atoms with Gasteiger partial charge in [0, 0.05) is 29.0 Å². The zero-order chi connectivity index (χ0) is 17.2. The normalized spacial score (nSPS) is 10.8. The van der Waals surface area contributed by atoms with Crippen LogP contribution in [0.25, 0.3) is 22.2 Å². The topological polar surface area (TPSA) is 70.7 Å². The minimum atomic E-state index is -0.298. The predicted octanol–water partition coefficient (Wildman–Crippen LogP) is 4.02. The van der Waals surface area contributed by atoms with Gasteiger partial charge in [-0.1, -0.05) is 0 Å². The number of hydrogen-bond donors (Lipinski definition) is 2. The van der Waals surface area contributed by atoms with E-state index in [0.717, 1.165) is 16.5 Å². The van der Waals surface area contributed by atoms with Crippen molar-refractivity contribution in [1.82, 2.24) is 15.2 Å². The van der Waals surface area contributed by atoms with Gasteiger partial charge in [-0.05, 0) is 54.6 Å². The molecule has 0 bridgehead atoms. The first-order valence-electron chi connectivity index (χ1n) is 7.66. The zero-order valence-corrected chi connectivity index (χ0v) is 13.0. The van der Waals surface area contributed by atoms with Crippen LogP contribution in [0, 0.1) is 5.82 Å². The Labute approximate surface area is 142 Å². The molecule has 25 heavy (non-hydrogen) atoms. The van der Waals surface area contributed by atoms with Gasteiger partial charge in [0.1, 0.15) is 5.82 Å². The largest absolute Gasteiger partial charge is 0.322 e. The molecule has 0 saturated heterocycles. The van der Waals surface area contributed by atoms with Gasteiger partial charge >= 0.3 is 0 Å². The third kappa shape index (κ3) is 2.97. The predicted molar refractivity (Wildman–Crippen MR) is 93.7 cm³/mol. The van der Waals surface area contributed by atoms with E-state index < -0.39 is 0 Å². The third-order valence-electron chi connectivity index (χ3n) is 3.86. The SMILES string of the molecule is O=C(Nc1ccc2[nH]nc(-c3ccc(F)cc3)c2c1)c1cccnc1. The van der Waals surface area contributed by atoms with Gasteiger partial charge in [-0.15, -0.1) is 0 Å². The van der Waals surface area contributed by atoms with Crippen molar-refractivity contribution >= 4 is 22.5 Å². The molecule has 2 aromatic carbocycles. The highest BCUT2D eigenvalue weighted by atomic mass is 19.1. The fraction of sp³-hybridized carbons (Fsp3) is 0. The number of pyridine rings is 1. The summed E-state index contributed by atoms with van der Waals surface area (Å²) in [6.45, 7) is 0. The van der Waals surface area contributed by atoms with Crippen molar-refractivity contribution in [3.05, 3.63) is 78.4 Å². The quantitative estimate of drug-likeness (QED) is 0.595. The van der Waals surface area contributed by atoms with Crippen molar-refractivity contribution in [2.24, 2.45) is 0 Å². The highest BCUT2D eigenvalue weighted by Gasteiger charge is 2.11. The Kier molecular flexibility index (Phi) is 3.70. The number of aromatic nitrogens is 3. The lowest BCUT2D eigenvalue weighted by molar-refractivity contribution is 0.102. The number of halogens is 1. The van der Waals surface area contributed by atoms with Gasteiger partial charge in [-0.25, -0.2) is 4.39 Å². The van der Waals surface area contributed by atoms with Crippen molar-refractivity contribution in [2.45, 2.75) is 0 Å². The van der Waals surface area contributed by atoms with E-state index >= 15 is 0 Å². The monoisotopic (exact) mass is 332 g/mol. The summed E-state index contributed by atoms with van der Waals surface area (Å²) in [6.07, 6.45) is 3.12. The average molecular weight is 332 g/mol. The number of nitrogens with one attached hydrogen (secondary N) is 2. The molecule has 0 unspecified atom stereocenters. The number of hydrogen-bond acceptors (Lipinski definition) is 3. The van der Waals surface area contributed by atoms with Gasteiger partial charge in [0.2, 0.25) is 0 Å². The Bertz CT molecular complexity index is 1040. The molecule has 2 heterocycles. The van der Waals surface area contributed by atoms with E-state index in [1.807, 2.05) is 12.1 Å². The van der Waals surface area contributed by atoms with Crippen LogP contribution in [0.15, 0.2) is 67.0 Å². The number of carbonyl (C=O) groups excluding carboxylic acids is 1. The van der Waals surface area contributed by atoms with Crippen molar-refractivity contribution in [3.63, 3.8) is 0 Å². The lowest BCUT2D eigenvalue weighted by atomic mass is 10.1. The fourth-order valence-corrected chi connectivity index (χ4v) is 2.62. The van der Waals surface area contributed by atoms with Crippen LogP contribution in [-0.4, -0.2) is 21.1 Å². The van der Waals surface area contributed by atoms with Gasteiger partial charge in [0.15, 0.2) is 0 Å². The van der Waals surface area contributed by atoms with Gasteiger partial charge < -0.3 is 5.32 Å². The van der Waals surface area contributed by atoms with E-state index in [1.54, 1.807) is 36.5 Å². The maximum absolute atomic E-state index is 13.1. The van der Waals surface area contributed by atoms with Crippen LogP contribution in [0.2, 0.25) is 0 Å². The lowest BCUT2D eigenvalue weighted by Gasteiger charge is -2.05. The standard InChI is InChI=1S/C19H13FN4O/c20-14-5-3-12(4-6-14)18-16-10-15(7-8-17(16)23-24-18)22-19(25)13-2-1-9-21-11-13/h1-11H,(H,22,25)(H,23,24). The second kappa shape index (κ2) is 6.16. The third-order valence-corrected chi connectivity index (χ3v) is 3.86. The Hall–Kier alpha value is -3.54. The molecular formula is C19H13FN4O. The van der Waals surface area contributed by atoms with E-state index in [1.165, 1.54) is 18.3 Å². The molecular weight excluding hydrogens is 319 g/mol. The van der Waals surface area contributed by atoms with Crippen molar-refractivity contribution < 1.29 is 9.18 Å². The van der Waals surface area contributed by atoms with Crippen LogP contribution in [0.5, 0.6) is 0 Å². The second-order valence-electron chi connectivity index (χ2n) is 5.54. The summed E-state index contributed by atoms with van der Waals surface area (Å²) < 4.78 is 13.1. The molecule has 0 fully saturated rings. The molecule has 4 aromatic rings. The summed E-state index contributed by atoms with van der Waals surface area (Å²) in [5.74, 6) is -0.535. The number of H-pyrrole nitrogens is 1. The molecule has 0 saturated carbocycles. The van der Waals surface area contributed by atoms with Gasteiger partial charge in [-0.2, -0.15) is 5.10 Å². The molecule has 6 heteroatoms. The first-order chi connectivity index (χ1) is 12.2. The highest BCUT2D eigenvalue weighted by Crippen LogP contribution is 2.28. The maximum Gasteiger partial charge on any atom is 0.257 e. The molecule has 122 valence electrons. The Morgan fingerprint density at radius 1 is 1.08 bits per heavy atom. The zero-order valence-electron chi connectivity index (χ0n) is 13.0. The molecule has 2 N–H and O–H groups in total. The van der Waals surface area contributed by atoms with E-state index in [-0.39, 0.29) is 11.7 Å². The number of nitrogens with zero attached hydrogens (tertiary/aromatic N) is 2. The molecule has 0 aliphatic heterocycles. The first-order valence-corrected chi connectivity index (χ1v) is 7.66. The number of benzene rings is 2. The Morgan fingerprint density at radius 2 is 1.92 bits per heavy atom. The molecule has 0 radical (unpaired) electrons. The molecule has 5 nitrogen and oxygen atoms in total. The summed E-state index contributed by atoms with van der Waals surface area (Å²) >= 11 is 0. The summed E-state index contributed by atoms with van der Waals surface area (Å²) in [5.41, 5.74) is 3.45. The van der Waals surface area contributed by atoms with Gasteiger partial charge in [-0.3, -0.25) is 14.9 Å². The molecule has 2 aromatic heterocycles. The molecule has 0 spiro atoms. The van der Waals surface area contributed by atoms with Crippen LogP contribution < -0.4 is 5.32 Å². The Balaban J connectivity index is 1.69. The van der Waals surface area contributed by atoms with E-state index in [0.29, 0.717) is 16.9 Å². The first kappa shape index (κ1) is 15.0. The molecule has 0 aliphatic rings. The number of fused-ring (bicyclic) bond motifs is 1. The van der Waals surface area contributed by atoms with Crippen LogP contribution in [-0.2, 0) is 0 Å². The van der Waals surface area contributed by atoms with Crippen molar-refractivity contribution in [2.75, 3.05) is 5.32 Å². The molecule has 0 atom stereocenters. The van der Waals surface area contributed by atoms with E-state index in [4.69, 9.17) is 0 Å². The summed E-state index contributed by atoms with van der Waals surface area (Å²) in [7, 11) is 0. The minimum Gasteiger partial charge on any atom is -0.322 e. The van der Waals surface area contributed by atoms with Crippen LogP contribution in [0.1, 0.15) is 10.4 Å². The summed E-state index contributed by atoms with van der Waals surface area (Å²) in [5, 5.41) is 10.9. The van der Waals surface area contributed by atoms with Gasteiger partial charge in [0.25, 0.3) is 5.91 Å². The number of anilines is 1. The van der Waals surface area contributed by atoms with Crippen LogP contribution in [0.4, 0.5) is 10.1 Å². The van der Waals surface area contributed by atoms with Crippen LogP contribution >= 0.6 is 0 Å². The number of amides is 1. The number of aromatic amines is 1. The minimum absolute atomic E-state index is 0.237. The average Bonchev–Trinajstić information content (AvgIpc) is 3.06. The number of carbonyl (C=O) groups is 1.